The van der Waals surface area contributed by atoms with Gasteiger partial charge in [0.05, 0.1) is 27.1 Å². The number of hydrogen-bond donors (Lipinski definition) is 2. The van der Waals surface area contributed by atoms with Gasteiger partial charge in [0.1, 0.15) is 5.75 Å². The van der Waals surface area contributed by atoms with Gasteiger partial charge in [0.25, 0.3) is 0 Å². The van der Waals surface area contributed by atoms with Gasteiger partial charge in [-0.1, -0.05) is 18.2 Å². The van der Waals surface area contributed by atoms with Gasteiger partial charge in [-0.3, -0.25) is 9.00 Å². The Morgan fingerprint density at radius 3 is 2.67 bits per heavy atom. The zero-order valence-electron chi connectivity index (χ0n) is 11.4. The fourth-order valence-electron chi connectivity index (χ4n) is 1.81. The molecule has 6 heteroatoms. The molecule has 4 nitrogen and oxygen atoms in total. The standard InChI is InChI=1S/C15H15BrN2O2S/c1-10-6-7-13(12(17)8-10)18-15(19)9-21(20)14-5-3-2-4-11(14)16/h2-8H,9,17H2,1H3,(H,18,19). The molecule has 0 saturated carbocycles. The number of halogens is 1. The van der Waals surface area contributed by atoms with Gasteiger partial charge in [-0.2, -0.15) is 0 Å². The summed E-state index contributed by atoms with van der Waals surface area (Å²) in [5.74, 6) is -0.449. The van der Waals surface area contributed by atoms with E-state index >= 15 is 0 Å². The summed E-state index contributed by atoms with van der Waals surface area (Å²) in [6.07, 6.45) is 0. The van der Waals surface area contributed by atoms with Crippen molar-refractivity contribution in [3.05, 3.63) is 52.5 Å². The van der Waals surface area contributed by atoms with Gasteiger partial charge in [0.15, 0.2) is 0 Å². The minimum Gasteiger partial charge on any atom is -0.397 e. The van der Waals surface area contributed by atoms with Crippen molar-refractivity contribution in [2.24, 2.45) is 0 Å². The smallest absolute Gasteiger partial charge is 0.237 e. The molecule has 2 rings (SSSR count). The fourth-order valence-corrected chi connectivity index (χ4v) is 3.62. The number of carbonyl (C=O) groups excluding carboxylic acids is 1. The van der Waals surface area contributed by atoms with E-state index in [0.717, 1.165) is 10.0 Å². The molecule has 0 radical (unpaired) electrons. The minimum absolute atomic E-state index is 0.115. The third-order valence-corrected chi connectivity index (χ3v) is 5.15. The highest BCUT2D eigenvalue weighted by Gasteiger charge is 2.13. The summed E-state index contributed by atoms with van der Waals surface area (Å²) in [6, 6.07) is 12.5. The van der Waals surface area contributed by atoms with Crippen LogP contribution in [-0.2, 0) is 15.6 Å². The number of hydrogen-bond acceptors (Lipinski definition) is 3. The Labute approximate surface area is 134 Å². The maximum Gasteiger partial charge on any atom is 0.237 e. The number of anilines is 2. The lowest BCUT2D eigenvalue weighted by Crippen LogP contribution is -2.20. The lowest BCUT2D eigenvalue weighted by atomic mass is 10.2. The lowest BCUT2D eigenvalue weighted by molar-refractivity contribution is -0.113. The Morgan fingerprint density at radius 2 is 2.00 bits per heavy atom. The summed E-state index contributed by atoms with van der Waals surface area (Å²) < 4.78 is 12.9. The molecular formula is C15H15BrN2O2S. The normalized spacial score (nSPS) is 11.9. The molecule has 0 bridgehead atoms. The molecule has 1 unspecified atom stereocenters. The first kappa shape index (κ1) is 15.7. The summed E-state index contributed by atoms with van der Waals surface area (Å²) >= 11 is 3.33. The van der Waals surface area contributed by atoms with E-state index in [1.165, 1.54) is 0 Å². The number of rotatable bonds is 4. The van der Waals surface area contributed by atoms with Crippen molar-refractivity contribution in [3.8, 4) is 0 Å². The van der Waals surface area contributed by atoms with Crippen LogP contribution in [0.25, 0.3) is 0 Å². The second-order valence-corrected chi connectivity index (χ2v) is 6.83. The minimum atomic E-state index is -1.41. The average molecular weight is 367 g/mol. The van der Waals surface area contributed by atoms with Crippen LogP contribution in [0.3, 0.4) is 0 Å². The van der Waals surface area contributed by atoms with E-state index in [9.17, 15) is 9.00 Å². The van der Waals surface area contributed by atoms with Gasteiger partial charge in [-0.15, -0.1) is 0 Å². The third kappa shape index (κ3) is 4.15. The van der Waals surface area contributed by atoms with Gasteiger partial charge in [0.2, 0.25) is 5.91 Å². The first-order valence-electron chi connectivity index (χ1n) is 6.26. The summed E-state index contributed by atoms with van der Waals surface area (Å²) in [5.41, 5.74) is 7.89. The Balaban J connectivity index is 2.05. The highest BCUT2D eigenvalue weighted by atomic mass is 79.9. The molecule has 0 fully saturated rings. The number of amides is 1. The SMILES string of the molecule is Cc1ccc(NC(=O)CS(=O)c2ccccc2Br)c(N)c1. The highest BCUT2D eigenvalue weighted by molar-refractivity contribution is 9.10. The van der Waals surface area contributed by atoms with Crippen molar-refractivity contribution in [1.82, 2.24) is 0 Å². The molecule has 3 N–H and O–H groups in total. The molecule has 2 aromatic carbocycles. The highest BCUT2D eigenvalue weighted by Crippen LogP contribution is 2.21. The van der Waals surface area contributed by atoms with Crippen molar-refractivity contribution < 1.29 is 9.00 Å². The number of carbonyl (C=O) groups is 1. The molecule has 0 heterocycles. The second-order valence-electron chi connectivity index (χ2n) is 4.56. The monoisotopic (exact) mass is 366 g/mol. The van der Waals surface area contributed by atoms with Crippen LogP contribution in [-0.4, -0.2) is 15.9 Å². The molecule has 1 atom stereocenters. The molecule has 0 saturated heterocycles. The van der Waals surface area contributed by atoms with Crippen molar-refractivity contribution in [3.63, 3.8) is 0 Å². The maximum absolute atomic E-state index is 12.2. The van der Waals surface area contributed by atoms with Crippen LogP contribution in [0.5, 0.6) is 0 Å². The first-order chi connectivity index (χ1) is 9.97. The van der Waals surface area contributed by atoms with Gasteiger partial charge in [0, 0.05) is 4.47 Å². The summed E-state index contributed by atoms with van der Waals surface area (Å²) in [5, 5.41) is 2.69. The van der Waals surface area contributed by atoms with E-state index in [2.05, 4.69) is 21.2 Å². The predicted octanol–water partition coefficient (Wildman–Crippen LogP) is 3.09. The van der Waals surface area contributed by atoms with Crippen molar-refractivity contribution >= 4 is 44.0 Å². The number of aryl methyl sites for hydroxylation is 1. The Morgan fingerprint density at radius 1 is 1.29 bits per heavy atom. The maximum atomic E-state index is 12.2. The number of nitrogen functional groups attached to an aromatic ring is 1. The Hall–Kier alpha value is -1.66. The molecule has 0 spiro atoms. The van der Waals surface area contributed by atoms with Gasteiger partial charge < -0.3 is 11.1 Å². The van der Waals surface area contributed by atoms with Crippen LogP contribution in [0, 0.1) is 6.92 Å². The van der Waals surface area contributed by atoms with Crippen LogP contribution < -0.4 is 11.1 Å². The zero-order valence-corrected chi connectivity index (χ0v) is 13.8. The molecule has 0 aliphatic heterocycles. The second kappa shape index (κ2) is 6.87. The summed E-state index contributed by atoms with van der Waals surface area (Å²) in [7, 11) is -1.41. The summed E-state index contributed by atoms with van der Waals surface area (Å²) in [4.78, 5) is 12.6. The Bertz CT molecular complexity index is 704. The van der Waals surface area contributed by atoms with E-state index < -0.39 is 10.8 Å². The van der Waals surface area contributed by atoms with E-state index in [1.807, 2.05) is 19.1 Å². The molecular weight excluding hydrogens is 352 g/mol. The quantitative estimate of drug-likeness (QED) is 0.816. The van der Waals surface area contributed by atoms with Crippen LogP contribution in [0.2, 0.25) is 0 Å². The topological polar surface area (TPSA) is 72.2 Å². The van der Waals surface area contributed by atoms with Crippen molar-refractivity contribution in [2.45, 2.75) is 11.8 Å². The summed E-state index contributed by atoms with van der Waals surface area (Å²) in [6.45, 7) is 1.92. The Kier molecular flexibility index (Phi) is 5.14. The van der Waals surface area contributed by atoms with Crippen molar-refractivity contribution in [2.75, 3.05) is 16.8 Å². The zero-order chi connectivity index (χ0) is 15.4. The largest absolute Gasteiger partial charge is 0.397 e. The first-order valence-corrected chi connectivity index (χ1v) is 8.37. The van der Waals surface area contributed by atoms with E-state index in [1.54, 1.807) is 30.3 Å². The molecule has 0 aliphatic carbocycles. The van der Waals surface area contributed by atoms with Crippen LogP contribution >= 0.6 is 15.9 Å². The number of nitrogens with two attached hydrogens (primary N) is 1. The van der Waals surface area contributed by atoms with Crippen LogP contribution in [0.15, 0.2) is 51.8 Å². The predicted molar refractivity (Wildman–Crippen MR) is 89.6 cm³/mol. The molecule has 21 heavy (non-hydrogen) atoms. The fraction of sp³-hybridized carbons (Fsp3) is 0.133. The third-order valence-electron chi connectivity index (χ3n) is 2.83. The van der Waals surface area contributed by atoms with Crippen LogP contribution in [0.1, 0.15) is 5.56 Å². The van der Waals surface area contributed by atoms with Gasteiger partial charge >= 0.3 is 0 Å². The molecule has 2 aromatic rings. The van der Waals surface area contributed by atoms with Crippen molar-refractivity contribution in [1.29, 1.82) is 0 Å². The molecule has 1 amide bonds. The molecule has 0 aliphatic rings. The average Bonchev–Trinajstić information content (AvgIpc) is 2.42. The van der Waals surface area contributed by atoms with E-state index in [-0.39, 0.29) is 11.7 Å². The number of benzene rings is 2. The molecule has 110 valence electrons. The van der Waals surface area contributed by atoms with Gasteiger partial charge in [-0.05, 0) is 52.7 Å². The number of nitrogens with one attached hydrogen (secondary N) is 1. The van der Waals surface area contributed by atoms with Gasteiger partial charge in [-0.25, -0.2) is 0 Å². The van der Waals surface area contributed by atoms with Crippen LogP contribution in [0.4, 0.5) is 11.4 Å². The van der Waals surface area contributed by atoms with E-state index in [0.29, 0.717) is 16.3 Å². The lowest BCUT2D eigenvalue weighted by Gasteiger charge is -2.09. The molecule has 0 aromatic heterocycles. The van der Waals surface area contributed by atoms with E-state index in [4.69, 9.17) is 5.73 Å².